The molecule has 2 aliphatic rings. The largest absolute Gasteiger partial charge is 0.444 e. The number of likely N-dealkylation sites (tertiary alicyclic amines) is 1. The molecule has 144 valence electrons. The Balaban J connectivity index is 1.52. The average Bonchev–Trinajstić information content (AvgIpc) is 3.00. The minimum Gasteiger partial charge on any atom is -0.444 e. The van der Waals surface area contributed by atoms with Crippen molar-refractivity contribution in [3.8, 4) is 0 Å². The van der Waals surface area contributed by atoms with Crippen molar-refractivity contribution in [1.29, 1.82) is 0 Å². The predicted octanol–water partition coefficient (Wildman–Crippen LogP) is 4.67. The Hall–Kier alpha value is -2.02. The Kier molecular flexibility index (Phi) is 4.88. The summed E-state index contributed by atoms with van der Waals surface area (Å²) in [5.41, 5.74) is 2.05. The number of hydrogen-bond donors (Lipinski definition) is 0. The highest BCUT2D eigenvalue weighted by Gasteiger charge is 2.26. The highest BCUT2D eigenvalue weighted by atomic mass is 32.1. The number of carbonyl (C=O) groups excluding carboxylic acids is 1. The zero-order valence-electron chi connectivity index (χ0n) is 16.2. The third kappa shape index (κ3) is 3.98. The molecule has 1 amide bonds. The summed E-state index contributed by atoms with van der Waals surface area (Å²) >= 11 is 1.80. The molecule has 3 heterocycles. The minimum absolute atomic E-state index is 0.238. The summed E-state index contributed by atoms with van der Waals surface area (Å²) in [6.45, 7) is 6.96. The van der Waals surface area contributed by atoms with E-state index in [9.17, 15) is 4.79 Å². The molecule has 2 aromatic rings. The van der Waals surface area contributed by atoms with E-state index < -0.39 is 5.60 Å². The number of amides is 1. The number of nitrogens with zero attached hydrogens (tertiary/aromatic N) is 4. The first-order valence-electron chi connectivity index (χ1n) is 9.70. The SMILES string of the molecule is CC(C)(C)OC(=O)N1CCC(=Nc2ncnc3sc4c(c23)CCCC4)CC1. The molecule has 7 heteroatoms. The molecule has 4 rings (SSSR count). The number of aromatic nitrogens is 2. The van der Waals surface area contributed by atoms with Gasteiger partial charge in [-0.1, -0.05) is 0 Å². The van der Waals surface area contributed by atoms with Gasteiger partial charge in [-0.3, -0.25) is 0 Å². The standard InChI is InChI=1S/C20H26N4O2S/c1-20(2,3)26-19(25)24-10-8-13(9-11-24)23-17-16-14-6-4-5-7-15(14)27-18(16)22-12-21-17/h12H,4-11H2,1-3H3. The fourth-order valence-electron chi connectivity index (χ4n) is 3.69. The van der Waals surface area contributed by atoms with Crippen molar-refractivity contribution in [2.45, 2.75) is 64.9 Å². The average molecular weight is 387 g/mol. The van der Waals surface area contributed by atoms with E-state index in [4.69, 9.17) is 9.73 Å². The van der Waals surface area contributed by atoms with E-state index in [1.165, 1.54) is 23.3 Å². The number of ether oxygens (including phenoxy) is 1. The van der Waals surface area contributed by atoms with Gasteiger partial charge in [-0.2, -0.15) is 0 Å². The first-order chi connectivity index (χ1) is 12.9. The van der Waals surface area contributed by atoms with E-state index >= 15 is 0 Å². The molecule has 2 aromatic heterocycles. The zero-order chi connectivity index (χ0) is 19.0. The predicted molar refractivity (Wildman–Crippen MR) is 108 cm³/mol. The lowest BCUT2D eigenvalue weighted by atomic mass is 9.97. The zero-order valence-corrected chi connectivity index (χ0v) is 17.1. The van der Waals surface area contributed by atoms with Gasteiger partial charge < -0.3 is 9.64 Å². The number of hydrogen-bond acceptors (Lipinski definition) is 6. The summed E-state index contributed by atoms with van der Waals surface area (Å²) in [6.07, 6.45) is 7.65. The number of piperidine rings is 1. The van der Waals surface area contributed by atoms with Crippen molar-refractivity contribution in [2.24, 2.45) is 4.99 Å². The van der Waals surface area contributed by atoms with Crippen LogP contribution in [0.2, 0.25) is 0 Å². The van der Waals surface area contributed by atoms with Crippen molar-refractivity contribution >= 4 is 39.2 Å². The first-order valence-corrected chi connectivity index (χ1v) is 10.5. The fraction of sp³-hybridized carbons (Fsp3) is 0.600. The molecule has 0 saturated carbocycles. The Morgan fingerprint density at radius 2 is 1.89 bits per heavy atom. The number of aryl methyl sites for hydroxylation is 2. The summed E-state index contributed by atoms with van der Waals surface area (Å²) < 4.78 is 5.47. The summed E-state index contributed by atoms with van der Waals surface area (Å²) in [4.78, 5) is 30.4. The van der Waals surface area contributed by atoms with Crippen LogP contribution in [0, 0.1) is 0 Å². The Morgan fingerprint density at radius 3 is 2.63 bits per heavy atom. The van der Waals surface area contributed by atoms with Crippen LogP contribution in [0.3, 0.4) is 0 Å². The molecule has 0 unspecified atom stereocenters. The Morgan fingerprint density at radius 1 is 1.15 bits per heavy atom. The van der Waals surface area contributed by atoms with Gasteiger partial charge in [-0.15, -0.1) is 11.3 Å². The van der Waals surface area contributed by atoms with Crippen molar-refractivity contribution in [1.82, 2.24) is 14.9 Å². The Labute approximate surface area is 163 Å². The monoisotopic (exact) mass is 386 g/mol. The van der Waals surface area contributed by atoms with Crippen molar-refractivity contribution in [2.75, 3.05) is 13.1 Å². The normalized spacial score (nSPS) is 17.7. The second-order valence-electron chi connectivity index (χ2n) is 8.23. The molecule has 1 aliphatic carbocycles. The van der Waals surface area contributed by atoms with Crippen LogP contribution in [-0.4, -0.2) is 45.4 Å². The maximum Gasteiger partial charge on any atom is 0.410 e. The highest BCUT2D eigenvalue weighted by Crippen LogP contribution is 2.39. The van der Waals surface area contributed by atoms with Gasteiger partial charge in [0, 0.05) is 36.5 Å². The molecule has 1 saturated heterocycles. The van der Waals surface area contributed by atoms with Crippen molar-refractivity contribution < 1.29 is 9.53 Å². The lowest BCUT2D eigenvalue weighted by Gasteiger charge is -2.30. The van der Waals surface area contributed by atoms with Gasteiger partial charge in [0.25, 0.3) is 0 Å². The number of thiophene rings is 1. The van der Waals surface area contributed by atoms with Crippen LogP contribution in [0.1, 0.15) is 56.9 Å². The van der Waals surface area contributed by atoms with Crippen LogP contribution in [0.5, 0.6) is 0 Å². The van der Waals surface area contributed by atoms with E-state index in [1.54, 1.807) is 22.6 Å². The maximum absolute atomic E-state index is 12.2. The van der Waals surface area contributed by atoms with Gasteiger partial charge in [0.05, 0.1) is 5.39 Å². The van der Waals surface area contributed by atoms with Gasteiger partial charge in [-0.05, 0) is 52.0 Å². The van der Waals surface area contributed by atoms with E-state index in [0.717, 1.165) is 47.4 Å². The maximum atomic E-state index is 12.2. The highest BCUT2D eigenvalue weighted by molar-refractivity contribution is 7.18. The molecule has 6 nitrogen and oxygen atoms in total. The number of fused-ring (bicyclic) bond motifs is 3. The lowest BCUT2D eigenvalue weighted by molar-refractivity contribution is 0.0249. The summed E-state index contributed by atoms with van der Waals surface area (Å²) in [5, 5.41) is 1.15. The fourth-order valence-corrected chi connectivity index (χ4v) is 4.92. The molecule has 1 fully saturated rings. The number of aliphatic imine (C=N–C) groups is 1. The van der Waals surface area contributed by atoms with Gasteiger partial charge in [0.15, 0.2) is 5.82 Å². The molecule has 0 N–H and O–H groups in total. The van der Waals surface area contributed by atoms with Crippen LogP contribution >= 0.6 is 11.3 Å². The summed E-state index contributed by atoms with van der Waals surface area (Å²) in [5.74, 6) is 0.806. The number of rotatable bonds is 1. The van der Waals surface area contributed by atoms with Crippen LogP contribution in [0.25, 0.3) is 10.2 Å². The molecule has 27 heavy (non-hydrogen) atoms. The molecule has 0 radical (unpaired) electrons. The van der Waals surface area contributed by atoms with Gasteiger partial charge in [-0.25, -0.2) is 19.8 Å². The van der Waals surface area contributed by atoms with Gasteiger partial charge in [0.1, 0.15) is 16.8 Å². The molecule has 0 atom stereocenters. The molecular weight excluding hydrogens is 360 g/mol. The van der Waals surface area contributed by atoms with E-state index in [1.807, 2.05) is 20.8 Å². The van der Waals surface area contributed by atoms with Crippen molar-refractivity contribution in [3.63, 3.8) is 0 Å². The quantitative estimate of drug-likeness (QED) is 0.714. The molecule has 0 bridgehead atoms. The molecule has 0 spiro atoms. The second-order valence-corrected chi connectivity index (χ2v) is 9.32. The second kappa shape index (κ2) is 7.19. The first kappa shape index (κ1) is 18.3. The van der Waals surface area contributed by atoms with Crippen molar-refractivity contribution in [3.05, 3.63) is 16.8 Å². The molecule has 0 aromatic carbocycles. The molecule has 1 aliphatic heterocycles. The number of carbonyl (C=O) groups is 1. The summed E-state index contributed by atoms with van der Waals surface area (Å²) in [6, 6.07) is 0. The minimum atomic E-state index is -0.462. The smallest absolute Gasteiger partial charge is 0.410 e. The van der Waals surface area contributed by atoms with Gasteiger partial charge in [0.2, 0.25) is 0 Å². The van der Waals surface area contributed by atoms with E-state index in [0.29, 0.717) is 13.1 Å². The third-order valence-electron chi connectivity index (χ3n) is 4.99. The molecular formula is C20H26N4O2S. The van der Waals surface area contributed by atoms with E-state index in [-0.39, 0.29) is 6.09 Å². The summed E-state index contributed by atoms with van der Waals surface area (Å²) in [7, 11) is 0. The van der Waals surface area contributed by atoms with Crippen LogP contribution in [-0.2, 0) is 17.6 Å². The lowest BCUT2D eigenvalue weighted by Crippen LogP contribution is -2.41. The van der Waals surface area contributed by atoms with Gasteiger partial charge >= 0.3 is 6.09 Å². The Bertz CT molecular complexity index is 887. The third-order valence-corrected chi connectivity index (χ3v) is 6.19. The topological polar surface area (TPSA) is 67.7 Å². The van der Waals surface area contributed by atoms with Crippen LogP contribution in [0.15, 0.2) is 11.3 Å². The van der Waals surface area contributed by atoms with E-state index in [2.05, 4.69) is 9.97 Å². The van der Waals surface area contributed by atoms with Crippen LogP contribution < -0.4 is 0 Å². The van der Waals surface area contributed by atoms with Crippen LogP contribution in [0.4, 0.5) is 10.6 Å².